The molecule has 1 aromatic rings. The molecule has 7 nitrogen and oxygen atoms in total. The largest absolute Gasteiger partial charge is 0.322 e. The van der Waals surface area contributed by atoms with Gasteiger partial charge < -0.3 is 10.2 Å². The Bertz CT molecular complexity index is 810. The van der Waals surface area contributed by atoms with Gasteiger partial charge in [0.1, 0.15) is 13.3 Å². The number of imide groups is 1. The first-order valence-electron chi connectivity index (χ1n) is 9.30. The maximum Gasteiger partial charge on any atom is 0.255 e. The highest BCUT2D eigenvalue weighted by molar-refractivity contribution is 6.05. The molecule has 4 rings (SSSR count). The normalized spacial score (nSPS) is 25.3. The van der Waals surface area contributed by atoms with Crippen LogP contribution in [-0.4, -0.2) is 59.7 Å². The minimum absolute atomic E-state index is 0.0423. The van der Waals surface area contributed by atoms with E-state index in [1.165, 1.54) is 10.2 Å². The molecule has 3 aliphatic heterocycles. The lowest BCUT2D eigenvalue weighted by Gasteiger charge is -2.29. The quantitative estimate of drug-likeness (QED) is 0.741. The molecule has 0 aliphatic carbocycles. The topological polar surface area (TPSA) is 81.8 Å². The molecule has 1 atom stereocenters. The number of nitrogens with one attached hydrogen (secondary N) is 2. The van der Waals surface area contributed by atoms with Crippen molar-refractivity contribution in [3.8, 4) is 0 Å². The summed E-state index contributed by atoms with van der Waals surface area (Å²) < 4.78 is 22.7. The number of amides is 3. The molecule has 26 heavy (non-hydrogen) atoms. The van der Waals surface area contributed by atoms with E-state index in [1.807, 2.05) is 0 Å². The molecular weight excluding hydrogens is 339 g/mol. The zero-order valence-electron chi connectivity index (χ0n) is 15.3. The highest BCUT2D eigenvalue weighted by atomic mass is 19.1. The average Bonchev–Trinajstić information content (AvgIpc) is 2.97. The predicted molar refractivity (Wildman–Crippen MR) is 90.6 cm³/mol. The van der Waals surface area contributed by atoms with Gasteiger partial charge in [0, 0.05) is 55.8 Å². The highest BCUT2D eigenvalue weighted by Gasteiger charge is 2.40. The van der Waals surface area contributed by atoms with Crippen LogP contribution in [0.25, 0.3) is 0 Å². The summed E-state index contributed by atoms with van der Waals surface area (Å²) in [5.74, 6) is -1.61. The molecule has 3 aliphatic rings. The number of carbonyl (C=O) groups excluding carboxylic acids is 3. The zero-order valence-corrected chi connectivity index (χ0v) is 14.3. The van der Waals surface area contributed by atoms with Crippen LogP contribution in [0.15, 0.2) is 12.1 Å². The van der Waals surface area contributed by atoms with Crippen molar-refractivity contribution in [3.05, 3.63) is 34.6 Å². The van der Waals surface area contributed by atoms with Crippen molar-refractivity contribution in [3.63, 3.8) is 0 Å². The van der Waals surface area contributed by atoms with E-state index < -0.39 is 17.8 Å². The molecule has 0 aromatic heterocycles. The predicted octanol–water partition coefficient (Wildman–Crippen LogP) is -0.00810. The second-order valence-electron chi connectivity index (χ2n) is 6.91. The maximum atomic E-state index is 15.1. The monoisotopic (exact) mass is 361 g/mol. The van der Waals surface area contributed by atoms with Crippen LogP contribution in [0.3, 0.4) is 0 Å². The molecular formula is C18H21FN4O3. The number of fused-ring (bicyclic) bond motifs is 1. The minimum Gasteiger partial charge on any atom is -0.322 e. The second-order valence-corrected chi connectivity index (χ2v) is 6.91. The van der Waals surface area contributed by atoms with Crippen LogP contribution in [-0.2, 0) is 22.7 Å². The van der Waals surface area contributed by atoms with Gasteiger partial charge in [0.2, 0.25) is 11.8 Å². The molecule has 2 saturated heterocycles. The summed E-state index contributed by atoms with van der Waals surface area (Å²) in [4.78, 5) is 39.5. The molecule has 0 radical (unpaired) electrons. The van der Waals surface area contributed by atoms with E-state index >= 15 is 4.39 Å². The molecule has 8 heteroatoms. The van der Waals surface area contributed by atoms with Crippen molar-refractivity contribution in [2.45, 2.75) is 32.0 Å². The molecule has 2 N–H and O–H groups in total. The number of piperazine rings is 1. The zero-order chi connectivity index (χ0) is 19.1. The van der Waals surface area contributed by atoms with Gasteiger partial charge in [-0.3, -0.25) is 24.6 Å². The fraction of sp³-hybridized carbons (Fsp3) is 0.500. The summed E-state index contributed by atoms with van der Waals surface area (Å²) >= 11 is 0. The molecule has 0 saturated carbocycles. The SMILES string of the molecule is [2H]N1CCN(Cc2ccc3c(c2F)CN(C2CCC(=O)NC2=O)C3=O)CC1. The van der Waals surface area contributed by atoms with Crippen LogP contribution in [0.1, 0.15) is 34.3 Å². The van der Waals surface area contributed by atoms with Crippen LogP contribution < -0.4 is 10.6 Å². The van der Waals surface area contributed by atoms with Gasteiger partial charge in [-0.2, -0.15) is 0 Å². The third-order valence-electron chi connectivity index (χ3n) is 5.27. The smallest absolute Gasteiger partial charge is 0.255 e. The van der Waals surface area contributed by atoms with E-state index in [9.17, 15) is 14.4 Å². The molecule has 3 amide bonds. The molecule has 1 aromatic carbocycles. The van der Waals surface area contributed by atoms with E-state index in [-0.39, 0.29) is 36.8 Å². The molecule has 3 heterocycles. The summed E-state index contributed by atoms with van der Waals surface area (Å²) in [5.41, 5.74) is 1.13. The van der Waals surface area contributed by atoms with Gasteiger partial charge in [-0.15, -0.1) is 0 Å². The Labute approximate surface area is 152 Å². The summed E-state index contributed by atoms with van der Waals surface area (Å²) in [6, 6.07) is 2.52. The fourth-order valence-electron chi connectivity index (χ4n) is 3.82. The fourth-order valence-corrected chi connectivity index (χ4v) is 3.82. The molecule has 138 valence electrons. The Kier molecular flexibility index (Phi) is 4.14. The standard InChI is InChI=1S/C18H21FN4O3/c19-16-11(9-22-7-5-20-6-8-22)1-2-12-13(16)10-23(18(12)26)14-3-4-15(24)21-17(14)25/h1-2,14,20H,3-10H2,(H,21,24,25)/i/hD. The molecule has 1 unspecified atom stereocenters. The van der Waals surface area contributed by atoms with E-state index in [1.54, 1.807) is 12.1 Å². The first kappa shape index (κ1) is 15.9. The molecule has 0 spiro atoms. The van der Waals surface area contributed by atoms with Crippen molar-refractivity contribution >= 4 is 17.7 Å². The summed E-state index contributed by atoms with van der Waals surface area (Å²) in [7, 11) is 0. The minimum atomic E-state index is -0.740. The summed E-state index contributed by atoms with van der Waals surface area (Å²) in [6.45, 7) is 3.10. The maximum absolute atomic E-state index is 15.1. The van der Waals surface area contributed by atoms with Gasteiger partial charge in [-0.25, -0.2) is 4.39 Å². The third-order valence-corrected chi connectivity index (χ3v) is 5.27. The van der Waals surface area contributed by atoms with Crippen molar-refractivity contribution in [1.29, 1.82) is 0 Å². The van der Waals surface area contributed by atoms with E-state index in [0.717, 1.165) is 0 Å². The Balaban J connectivity index is 1.52. The number of hydrogen-bond acceptors (Lipinski definition) is 5. The summed E-state index contributed by atoms with van der Waals surface area (Å²) in [6.07, 6.45) is 0.433. The molecule has 0 bridgehead atoms. The Morgan fingerprint density at radius 2 is 2.00 bits per heavy atom. The first-order valence-corrected chi connectivity index (χ1v) is 8.85. The van der Waals surface area contributed by atoms with Gasteiger partial charge in [-0.1, -0.05) is 6.07 Å². The summed E-state index contributed by atoms with van der Waals surface area (Å²) in [5, 5.41) is 3.74. The van der Waals surface area contributed by atoms with Crippen LogP contribution in [0.4, 0.5) is 4.39 Å². The van der Waals surface area contributed by atoms with E-state index in [4.69, 9.17) is 1.41 Å². The lowest BCUT2D eigenvalue weighted by atomic mass is 10.0. The number of hydrogen-bond donors (Lipinski definition) is 2. The van der Waals surface area contributed by atoms with Crippen molar-refractivity contribution < 1.29 is 20.2 Å². The number of nitrogens with zero attached hydrogens (tertiary/aromatic N) is 2. The second kappa shape index (κ2) is 6.77. The van der Waals surface area contributed by atoms with Crippen molar-refractivity contribution in [1.82, 2.24) is 20.4 Å². The number of rotatable bonds is 3. The Morgan fingerprint density at radius 1 is 1.23 bits per heavy atom. The van der Waals surface area contributed by atoms with Crippen LogP contribution in [0.2, 0.25) is 1.41 Å². The lowest BCUT2D eigenvalue weighted by molar-refractivity contribution is -0.136. The van der Waals surface area contributed by atoms with Gasteiger partial charge in [0.15, 0.2) is 0 Å². The van der Waals surface area contributed by atoms with Crippen molar-refractivity contribution in [2.24, 2.45) is 0 Å². The Hall–Kier alpha value is -2.32. The third kappa shape index (κ3) is 2.99. The molecule has 2 fully saturated rings. The first-order chi connectivity index (χ1) is 12.9. The average molecular weight is 361 g/mol. The highest BCUT2D eigenvalue weighted by Crippen LogP contribution is 2.31. The number of benzene rings is 1. The number of halogens is 1. The lowest BCUT2D eigenvalue weighted by Crippen LogP contribution is -2.52. The number of carbonyl (C=O) groups is 3. The van der Waals surface area contributed by atoms with Crippen molar-refractivity contribution in [2.75, 3.05) is 26.2 Å². The van der Waals surface area contributed by atoms with Gasteiger partial charge >= 0.3 is 0 Å². The van der Waals surface area contributed by atoms with E-state index in [2.05, 4.69) is 10.2 Å². The Morgan fingerprint density at radius 3 is 2.73 bits per heavy atom. The van der Waals surface area contributed by atoms with Crippen LogP contribution in [0, 0.1) is 5.82 Å². The van der Waals surface area contributed by atoms with Gasteiger partial charge in [-0.05, 0) is 12.5 Å². The van der Waals surface area contributed by atoms with Crippen LogP contribution >= 0.6 is 0 Å². The van der Waals surface area contributed by atoms with E-state index in [0.29, 0.717) is 43.9 Å². The van der Waals surface area contributed by atoms with Gasteiger partial charge in [0.25, 0.3) is 5.91 Å². The van der Waals surface area contributed by atoms with Crippen LogP contribution in [0.5, 0.6) is 0 Å². The number of piperidine rings is 1. The van der Waals surface area contributed by atoms with Gasteiger partial charge in [0.05, 0.1) is 6.54 Å².